The first-order chi connectivity index (χ1) is 17.8. The van der Waals surface area contributed by atoms with Crippen molar-refractivity contribution in [2.45, 2.75) is 44.6 Å². The fourth-order valence-corrected chi connectivity index (χ4v) is 5.88. The van der Waals surface area contributed by atoms with Crippen LogP contribution in [0.4, 0.5) is 11.4 Å². The molecule has 4 N–H and O–H groups in total. The molecule has 1 aliphatic heterocycles. The molecular formula is C28H35N5O3S. The number of nitrogens with zero attached hydrogens (tertiary/aromatic N) is 2. The second kappa shape index (κ2) is 11.9. The summed E-state index contributed by atoms with van der Waals surface area (Å²) in [6.45, 7) is 8.26. The molecule has 1 amide bonds. The van der Waals surface area contributed by atoms with Crippen molar-refractivity contribution in [3.8, 4) is 5.88 Å². The Labute approximate surface area is 221 Å². The minimum Gasteiger partial charge on any atom is -0.593 e. The van der Waals surface area contributed by atoms with Gasteiger partial charge < -0.3 is 25.7 Å². The van der Waals surface area contributed by atoms with E-state index in [1.807, 2.05) is 31.1 Å². The molecular weight excluding hydrogens is 486 g/mol. The van der Waals surface area contributed by atoms with Gasteiger partial charge in [0, 0.05) is 38.2 Å². The van der Waals surface area contributed by atoms with Crippen LogP contribution in [0.1, 0.15) is 47.1 Å². The zero-order chi connectivity index (χ0) is 26.5. The van der Waals surface area contributed by atoms with Crippen LogP contribution < -0.4 is 21.1 Å². The number of anilines is 2. The lowest BCUT2D eigenvalue weighted by Crippen LogP contribution is -2.32. The Kier molecular flexibility index (Phi) is 8.58. The maximum Gasteiger partial charge on any atom is 0.272 e. The van der Waals surface area contributed by atoms with E-state index in [2.05, 4.69) is 39.9 Å². The minimum atomic E-state index is -1.40. The molecule has 0 saturated carbocycles. The summed E-state index contributed by atoms with van der Waals surface area (Å²) in [4.78, 5) is 17.4. The summed E-state index contributed by atoms with van der Waals surface area (Å²) in [6.07, 6.45) is 1.94. The van der Waals surface area contributed by atoms with E-state index in [0.717, 1.165) is 40.0 Å². The Hall–Kier alpha value is -3.27. The van der Waals surface area contributed by atoms with E-state index >= 15 is 0 Å². The van der Waals surface area contributed by atoms with E-state index in [4.69, 9.17) is 10.5 Å². The summed E-state index contributed by atoms with van der Waals surface area (Å²) in [5, 5.41) is 6.06. The average molecular weight is 522 g/mol. The fourth-order valence-electron chi connectivity index (χ4n) is 4.65. The van der Waals surface area contributed by atoms with Crippen molar-refractivity contribution in [2.75, 3.05) is 37.8 Å². The number of fused-ring (bicyclic) bond motifs is 1. The van der Waals surface area contributed by atoms with Crippen molar-refractivity contribution in [3.63, 3.8) is 0 Å². The monoisotopic (exact) mass is 521 g/mol. The third kappa shape index (κ3) is 5.84. The van der Waals surface area contributed by atoms with Crippen LogP contribution >= 0.6 is 0 Å². The largest absolute Gasteiger partial charge is 0.593 e. The van der Waals surface area contributed by atoms with Crippen LogP contribution in [0.2, 0.25) is 0 Å². The number of ether oxygens (including phenoxy) is 1. The van der Waals surface area contributed by atoms with Gasteiger partial charge in [-0.2, -0.15) is 0 Å². The maximum atomic E-state index is 13.4. The molecule has 37 heavy (non-hydrogen) atoms. The highest BCUT2D eigenvalue weighted by molar-refractivity contribution is 7.89. The molecule has 0 spiro atoms. The Morgan fingerprint density at radius 2 is 2.08 bits per heavy atom. The van der Waals surface area contributed by atoms with E-state index in [1.165, 1.54) is 0 Å². The number of hydrogen-bond donors (Lipinski definition) is 3. The molecule has 2 aromatic carbocycles. The molecule has 4 rings (SSSR count). The topological polar surface area (TPSA) is 116 Å². The highest BCUT2D eigenvalue weighted by atomic mass is 32.2. The van der Waals surface area contributed by atoms with Crippen LogP contribution in [0.15, 0.2) is 53.6 Å². The van der Waals surface area contributed by atoms with Gasteiger partial charge in [-0.25, -0.2) is 4.98 Å². The number of hydrogen-bond acceptors (Lipinski definition) is 7. The van der Waals surface area contributed by atoms with Crippen LogP contribution in [0, 0.1) is 13.8 Å². The third-order valence-corrected chi connectivity index (χ3v) is 8.30. The van der Waals surface area contributed by atoms with Gasteiger partial charge >= 0.3 is 0 Å². The lowest BCUT2D eigenvalue weighted by atomic mass is 9.83. The predicted octanol–water partition coefficient (Wildman–Crippen LogP) is 3.90. The molecule has 3 aromatic rings. The highest BCUT2D eigenvalue weighted by Crippen LogP contribution is 2.37. The molecule has 0 radical (unpaired) electrons. The molecule has 1 aliphatic rings. The number of benzene rings is 2. The first kappa shape index (κ1) is 26.8. The molecule has 0 saturated heterocycles. The van der Waals surface area contributed by atoms with E-state index < -0.39 is 11.4 Å². The van der Waals surface area contributed by atoms with Crippen molar-refractivity contribution < 1.29 is 14.1 Å². The number of nitrogens with two attached hydrogens (primary N) is 1. The van der Waals surface area contributed by atoms with Gasteiger partial charge in [0.1, 0.15) is 6.61 Å². The number of nitrogen functional groups attached to an aromatic ring is 1. The number of carbonyl (C=O) groups excluding carboxylic acids is 1. The van der Waals surface area contributed by atoms with Crippen LogP contribution in [0.3, 0.4) is 0 Å². The van der Waals surface area contributed by atoms with Gasteiger partial charge in [-0.1, -0.05) is 24.3 Å². The van der Waals surface area contributed by atoms with Crippen LogP contribution in [0.5, 0.6) is 5.88 Å². The molecule has 0 bridgehead atoms. The Balaban J connectivity index is 1.69. The Morgan fingerprint density at radius 1 is 1.27 bits per heavy atom. The second-order valence-electron chi connectivity index (χ2n) is 9.15. The summed E-state index contributed by atoms with van der Waals surface area (Å²) < 4.78 is 21.0. The van der Waals surface area contributed by atoms with Gasteiger partial charge in [0.2, 0.25) is 10.8 Å². The molecule has 196 valence electrons. The van der Waals surface area contributed by atoms with Crippen LogP contribution in [-0.4, -0.2) is 46.5 Å². The second-order valence-corrected chi connectivity index (χ2v) is 10.6. The zero-order valence-corrected chi connectivity index (χ0v) is 22.7. The molecule has 0 aliphatic carbocycles. The standard InChI is InChI=1S/C28H35N5O3S/c1-5-31-24-11-10-22(19(3)27(24)29)23(16-26(34)30-4)20-9-8-18(2)21(15-20)17-33-13-14-36-28-25(37(33)35)7-6-12-32-28/h6-12,15,23,31H,5,13-14,16-17,29H2,1-4H3,(H,30,34)/t23-,37?/m0/s1. The van der Waals surface area contributed by atoms with Crippen molar-refractivity contribution >= 4 is 28.6 Å². The Bertz CT molecular complexity index is 1270. The lowest BCUT2D eigenvalue weighted by molar-refractivity contribution is -0.120. The number of aromatic nitrogens is 1. The number of nitrogens with one attached hydrogen (secondary N) is 2. The summed E-state index contributed by atoms with van der Waals surface area (Å²) in [6, 6.07) is 13.9. The molecule has 2 atom stereocenters. The summed E-state index contributed by atoms with van der Waals surface area (Å²) in [5.74, 6) is 0.199. The smallest absolute Gasteiger partial charge is 0.272 e. The molecule has 1 aromatic heterocycles. The SMILES string of the molecule is CCNc1ccc([C@@H](CC(=O)NC)c2ccc(C)c(CN3CCOc4ncccc4[S+]3[O-])c2)c(C)c1N. The van der Waals surface area contributed by atoms with Crippen LogP contribution in [-0.2, 0) is 22.7 Å². The molecule has 2 heterocycles. The number of pyridine rings is 1. The highest BCUT2D eigenvalue weighted by Gasteiger charge is 2.31. The summed E-state index contributed by atoms with van der Waals surface area (Å²) in [7, 11) is 1.65. The quantitative estimate of drug-likeness (QED) is 0.304. The van der Waals surface area contributed by atoms with Gasteiger partial charge in [0.05, 0.1) is 35.8 Å². The molecule has 8 nitrogen and oxygen atoms in total. The molecule has 9 heteroatoms. The first-order valence-corrected chi connectivity index (χ1v) is 13.6. The number of rotatable bonds is 8. The van der Waals surface area contributed by atoms with Gasteiger partial charge in [-0.3, -0.25) is 4.79 Å². The lowest BCUT2D eigenvalue weighted by Gasteiger charge is -2.25. The number of amides is 1. The average Bonchev–Trinajstić information content (AvgIpc) is 3.06. The van der Waals surface area contributed by atoms with Gasteiger partial charge in [0.15, 0.2) is 0 Å². The number of aryl methyl sites for hydroxylation is 1. The summed E-state index contributed by atoms with van der Waals surface area (Å²) in [5.41, 5.74) is 13.2. The fraction of sp³-hybridized carbons (Fsp3) is 0.357. The zero-order valence-electron chi connectivity index (χ0n) is 21.8. The van der Waals surface area contributed by atoms with Gasteiger partial charge in [-0.15, -0.1) is 4.31 Å². The van der Waals surface area contributed by atoms with Crippen molar-refractivity contribution in [3.05, 3.63) is 76.5 Å². The van der Waals surface area contributed by atoms with E-state index in [9.17, 15) is 9.35 Å². The first-order valence-electron chi connectivity index (χ1n) is 12.5. The predicted molar refractivity (Wildman–Crippen MR) is 148 cm³/mol. The Morgan fingerprint density at radius 3 is 2.84 bits per heavy atom. The molecule has 0 fully saturated rings. The van der Waals surface area contributed by atoms with E-state index in [-0.39, 0.29) is 11.8 Å². The number of carbonyl (C=O) groups is 1. The summed E-state index contributed by atoms with van der Waals surface area (Å²) >= 11 is -1.40. The van der Waals surface area contributed by atoms with E-state index in [0.29, 0.717) is 42.6 Å². The van der Waals surface area contributed by atoms with Crippen LogP contribution in [0.25, 0.3) is 0 Å². The van der Waals surface area contributed by atoms with Crippen molar-refractivity contribution in [2.24, 2.45) is 0 Å². The van der Waals surface area contributed by atoms with E-state index in [1.54, 1.807) is 25.4 Å². The minimum absolute atomic E-state index is 0.0456. The van der Waals surface area contributed by atoms with Gasteiger partial charge in [0.25, 0.3) is 5.88 Å². The van der Waals surface area contributed by atoms with Crippen molar-refractivity contribution in [1.82, 2.24) is 14.6 Å². The van der Waals surface area contributed by atoms with Gasteiger partial charge in [-0.05, 0) is 60.7 Å². The van der Waals surface area contributed by atoms with Crippen molar-refractivity contribution in [1.29, 1.82) is 0 Å². The third-order valence-electron chi connectivity index (χ3n) is 6.83. The molecule has 1 unspecified atom stereocenters. The normalized spacial score (nSPS) is 16.3. The maximum absolute atomic E-state index is 13.4.